The van der Waals surface area contributed by atoms with Crippen molar-refractivity contribution in [3.8, 4) is 0 Å². The summed E-state index contributed by atoms with van der Waals surface area (Å²) in [5.41, 5.74) is 3.35. The van der Waals surface area contributed by atoms with E-state index in [1.54, 1.807) is 23.9 Å². The van der Waals surface area contributed by atoms with Crippen molar-refractivity contribution in [1.29, 1.82) is 0 Å². The Kier molecular flexibility index (Phi) is 4.88. The van der Waals surface area contributed by atoms with Crippen molar-refractivity contribution in [2.75, 3.05) is 18.1 Å². The van der Waals surface area contributed by atoms with Gasteiger partial charge in [0.25, 0.3) is 0 Å². The summed E-state index contributed by atoms with van der Waals surface area (Å²) in [5, 5.41) is 4.15. The summed E-state index contributed by atoms with van der Waals surface area (Å²) in [6.45, 7) is 4.73. The van der Waals surface area contributed by atoms with Gasteiger partial charge in [-0.2, -0.15) is 5.10 Å². The number of esters is 1. The van der Waals surface area contributed by atoms with Crippen molar-refractivity contribution in [3.05, 3.63) is 47.3 Å². The van der Waals surface area contributed by atoms with Gasteiger partial charge in [-0.15, -0.1) is 0 Å². The zero-order chi connectivity index (χ0) is 18.0. The number of benzene rings is 1. The van der Waals surface area contributed by atoms with Crippen LogP contribution in [0.3, 0.4) is 0 Å². The van der Waals surface area contributed by atoms with Crippen molar-refractivity contribution in [1.82, 2.24) is 9.78 Å². The van der Waals surface area contributed by atoms with Crippen LogP contribution in [-0.2, 0) is 23.0 Å². The average molecular weight is 341 g/mol. The summed E-state index contributed by atoms with van der Waals surface area (Å²) >= 11 is 0. The van der Waals surface area contributed by atoms with Crippen LogP contribution in [0, 0.1) is 0 Å². The third-order valence-electron chi connectivity index (χ3n) is 4.57. The molecule has 3 rings (SSSR count). The maximum Gasteiger partial charge on any atom is 0.338 e. The summed E-state index contributed by atoms with van der Waals surface area (Å²) in [4.78, 5) is 26.7. The number of aromatic nitrogens is 2. The van der Waals surface area contributed by atoms with Crippen molar-refractivity contribution in [2.24, 2.45) is 7.05 Å². The highest BCUT2D eigenvalue weighted by molar-refractivity contribution is 5.99. The Bertz CT molecular complexity index is 797. The molecule has 0 saturated heterocycles. The summed E-state index contributed by atoms with van der Waals surface area (Å²) in [7, 11) is 1.84. The van der Waals surface area contributed by atoms with Gasteiger partial charge in [-0.05, 0) is 50.5 Å². The van der Waals surface area contributed by atoms with Crippen LogP contribution in [0.1, 0.15) is 47.7 Å². The molecule has 0 bridgehead atoms. The lowest BCUT2D eigenvalue weighted by Gasteiger charge is -2.31. The Morgan fingerprint density at radius 3 is 2.84 bits per heavy atom. The molecule has 0 spiro atoms. The smallest absolute Gasteiger partial charge is 0.338 e. The number of hydrogen-bond acceptors (Lipinski definition) is 4. The number of amides is 1. The lowest BCUT2D eigenvalue weighted by atomic mass is 9.96. The maximum absolute atomic E-state index is 13.0. The van der Waals surface area contributed by atoms with Gasteiger partial charge >= 0.3 is 5.97 Å². The van der Waals surface area contributed by atoms with E-state index in [9.17, 15) is 9.59 Å². The molecule has 0 saturated carbocycles. The van der Waals surface area contributed by atoms with Crippen LogP contribution in [0.4, 0.5) is 5.69 Å². The number of nitrogens with zero attached hydrogens (tertiary/aromatic N) is 3. The second kappa shape index (κ2) is 7.09. The molecule has 0 aliphatic carbocycles. The molecule has 0 N–H and O–H groups in total. The van der Waals surface area contributed by atoms with Crippen LogP contribution in [0.2, 0.25) is 0 Å². The van der Waals surface area contributed by atoms with Gasteiger partial charge in [0, 0.05) is 31.0 Å². The van der Waals surface area contributed by atoms with Crippen LogP contribution >= 0.6 is 0 Å². The molecule has 1 amide bonds. The second-order valence-corrected chi connectivity index (χ2v) is 6.33. The van der Waals surface area contributed by atoms with E-state index in [2.05, 4.69) is 5.10 Å². The lowest BCUT2D eigenvalue weighted by molar-refractivity contribution is -0.119. The first kappa shape index (κ1) is 17.2. The molecule has 6 nitrogen and oxygen atoms in total. The van der Waals surface area contributed by atoms with E-state index in [4.69, 9.17) is 4.74 Å². The predicted molar refractivity (Wildman–Crippen MR) is 94.7 cm³/mol. The van der Waals surface area contributed by atoms with E-state index < -0.39 is 0 Å². The highest BCUT2D eigenvalue weighted by atomic mass is 16.5. The predicted octanol–water partition coefficient (Wildman–Crippen LogP) is 2.68. The van der Waals surface area contributed by atoms with Gasteiger partial charge < -0.3 is 9.64 Å². The van der Waals surface area contributed by atoms with Gasteiger partial charge in [0.1, 0.15) is 0 Å². The van der Waals surface area contributed by atoms with Gasteiger partial charge in [0.05, 0.1) is 24.3 Å². The van der Waals surface area contributed by atoms with E-state index in [1.807, 2.05) is 37.2 Å². The Hall–Kier alpha value is -2.63. The quantitative estimate of drug-likeness (QED) is 0.802. The largest absolute Gasteiger partial charge is 0.462 e. The van der Waals surface area contributed by atoms with Crippen molar-refractivity contribution in [3.63, 3.8) is 0 Å². The number of carbonyl (C=O) groups excluding carboxylic acids is 2. The molecule has 25 heavy (non-hydrogen) atoms. The van der Waals surface area contributed by atoms with Gasteiger partial charge in [0.2, 0.25) is 5.91 Å². The zero-order valence-electron chi connectivity index (χ0n) is 14.9. The number of aryl methyl sites for hydroxylation is 2. The fraction of sp³-hybridized carbons (Fsp3) is 0.421. The minimum atomic E-state index is -0.322. The minimum absolute atomic E-state index is 0.0536. The molecular formula is C19H23N3O3. The number of rotatable bonds is 4. The van der Waals surface area contributed by atoms with E-state index >= 15 is 0 Å². The summed E-state index contributed by atoms with van der Waals surface area (Å²) in [6.07, 6.45) is 5.34. The number of carbonyl (C=O) groups is 2. The summed E-state index contributed by atoms with van der Waals surface area (Å²) < 4.78 is 6.77. The Morgan fingerprint density at radius 2 is 2.16 bits per heavy atom. The van der Waals surface area contributed by atoms with E-state index in [-0.39, 0.29) is 17.8 Å². The molecule has 0 unspecified atom stereocenters. The fourth-order valence-corrected chi connectivity index (χ4v) is 3.21. The number of anilines is 1. The van der Waals surface area contributed by atoms with Crippen LogP contribution in [0.15, 0.2) is 30.6 Å². The molecule has 1 aromatic carbocycles. The summed E-state index contributed by atoms with van der Waals surface area (Å²) in [6, 6.07) is 5.44. The zero-order valence-corrected chi connectivity index (χ0v) is 14.9. The molecule has 2 aromatic rings. The van der Waals surface area contributed by atoms with E-state index in [0.717, 1.165) is 29.7 Å². The molecule has 0 radical (unpaired) electrons. The average Bonchev–Trinajstić information content (AvgIpc) is 3.06. The molecule has 132 valence electrons. The van der Waals surface area contributed by atoms with Crippen molar-refractivity contribution in [2.45, 2.75) is 32.6 Å². The third-order valence-corrected chi connectivity index (χ3v) is 4.57. The number of fused-ring (bicyclic) bond motifs is 1. The van der Waals surface area contributed by atoms with Gasteiger partial charge in [-0.25, -0.2) is 4.79 Å². The first-order valence-electron chi connectivity index (χ1n) is 8.61. The highest BCUT2D eigenvalue weighted by Crippen LogP contribution is 2.31. The van der Waals surface area contributed by atoms with Crippen LogP contribution in [0.5, 0.6) is 0 Å². The number of hydrogen-bond donors (Lipinski definition) is 0. The van der Waals surface area contributed by atoms with E-state index in [0.29, 0.717) is 18.7 Å². The second-order valence-electron chi connectivity index (χ2n) is 6.33. The van der Waals surface area contributed by atoms with Crippen LogP contribution in [0.25, 0.3) is 0 Å². The first-order valence-corrected chi connectivity index (χ1v) is 8.61. The van der Waals surface area contributed by atoms with Gasteiger partial charge in [-0.1, -0.05) is 0 Å². The molecular weight excluding hydrogens is 318 g/mol. The van der Waals surface area contributed by atoms with Crippen molar-refractivity contribution < 1.29 is 14.3 Å². The van der Waals surface area contributed by atoms with Gasteiger partial charge in [0.15, 0.2) is 0 Å². The van der Waals surface area contributed by atoms with Crippen molar-refractivity contribution >= 4 is 17.6 Å². The Labute approximate surface area is 147 Å². The lowest BCUT2D eigenvalue weighted by Crippen LogP contribution is -2.38. The van der Waals surface area contributed by atoms with Gasteiger partial charge in [-0.3, -0.25) is 9.48 Å². The Balaban J connectivity index is 1.86. The maximum atomic E-state index is 13.0. The fourth-order valence-electron chi connectivity index (χ4n) is 3.21. The van der Waals surface area contributed by atoms with Crippen LogP contribution in [-0.4, -0.2) is 34.8 Å². The van der Waals surface area contributed by atoms with E-state index in [1.165, 1.54) is 0 Å². The molecule has 2 heterocycles. The highest BCUT2D eigenvalue weighted by Gasteiger charge is 2.28. The summed E-state index contributed by atoms with van der Waals surface area (Å²) in [5.74, 6) is -0.528. The SMILES string of the molecule is CCOC(=O)c1ccc2c(c1)CCCN2C(=O)[C@H](C)c1cnn(C)c1. The Morgan fingerprint density at radius 1 is 1.36 bits per heavy atom. The molecule has 6 heteroatoms. The monoisotopic (exact) mass is 341 g/mol. The molecule has 1 aromatic heterocycles. The van der Waals surface area contributed by atoms with Crippen LogP contribution < -0.4 is 4.90 Å². The third kappa shape index (κ3) is 3.43. The number of ether oxygens (including phenoxy) is 1. The molecule has 0 fully saturated rings. The topological polar surface area (TPSA) is 64.4 Å². The molecule has 1 aliphatic heterocycles. The first-order chi connectivity index (χ1) is 12.0. The molecule has 1 aliphatic rings. The standard InChI is InChI=1S/C19H23N3O3/c1-4-25-19(24)15-7-8-17-14(10-15)6-5-9-22(17)18(23)13(2)16-11-20-21(3)12-16/h7-8,10-13H,4-6,9H2,1-3H3/t13-/m1/s1. The normalized spacial score (nSPS) is 14.8. The molecule has 1 atom stereocenters. The minimum Gasteiger partial charge on any atom is -0.462 e.